The predicted octanol–water partition coefficient (Wildman–Crippen LogP) is 9.14. The second kappa shape index (κ2) is 8.20. The minimum absolute atomic E-state index is 0.330. The molecule has 9 aromatic rings. The summed E-state index contributed by atoms with van der Waals surface area (Å²) in [5, 5.41) is 6.70. The first-order valence-corrected chi connectivity index (χ1v) is 13.7. The Kier molecular flexibility index (Phi) is 4.44. The van der Waals surface area contributed by atoms with Crippen molar-refractivity contribution in [1.82, 2.24) is 9.13 Å². The summed E-state index contributed by atoms with van der Waals surface area (Å²) in [5.74, 6) is 0. The first-order chi connectivity index (χ1) is 20.3. The lowest BCUT2D eigenvalue weighted by Crippen LogP contribution is -2.02. The van der Waals surface area contributed by atoms with Crippen molar-refractivity contribution in [1.29, 1.82) is 0 Å². The molecule has 0 aliphatic heterocycles. The molecule has 0 saturated heterocycles. The molecule has 4 nitrogen and oxygen atoms in total. The lowest BCUT2D eigenvalue weighted by molar-refractivity contribution is 0.572. The van der Waals surface area contributed by atoms with Crippen molar-refractivity contribution in [2.45, 2.75) is 0 Å². The summed E-state index contributed by atoms with van der Waals surface area (Å²) >= 11 is 0. The first-order valence-electron chi connectivity index (χ1n) is 13.7. The van der Waals surface area contributed by atoms with Crippen molar-refractivity contribution in [3.8, 4) is 11.4 Å². The van der Waals surface area contributed by atoms with Crippen LogP contribution in [0.2, 0.25) is 0 Å². The van der Waals surface area contributed by atoms with Crippen molar-refractivity contribution < 1.29 is 4.42 Å². The summed E-state index contributed by atoms with van der Waals surface area (Å²) in [5.41, 5.74) is 6.50. The lowest BCUT2D eigenvalue weighted by atomic mass is 10.0. The normalized spacial score (nSPS) is 12.0. The van der Waals surface area contributed by atoms with Crippen LogP contribution in [0.15, 0.2) is 143 Å². The van der Waals surface area contributed by atoms with E-state index < -0.39 is 0 Å². The van der Waals surface area contributed by atoms with Crippen LogP contribution in [-0.2, 0) is 0 Å². The summed E-state index contributed by atoms with van der Waals surface area (Å²) in [6.45, 7) is 0. The fraction of sp³-hybridized carbons (Fsp3) is 0. The van der Waals surface area contributed by atoms with Crippen molar-refractivity contribution in [3.63, 3.8) is 0 Å². The Morgan fingerprint density at radius 3 is 1.68 bits per heavy atom. The van der Waals surface area contributed by atoms with E-state index in [1.165, 1.54) is 0 Å². The van der Waals surface area contributed by atoms with E-state index in [9.17, 15) is 4.79 Å². The predicted molar refractivity (Wildman–Crippen MR) is 169 cm³/mol. The lowest BCUT2D eigenvalue weighted by Gasteiger charge is -2.11. The van der Waals surface area contributed by atoms with Crippen LogP contribution in [0.25, 0.3) is 76.7 Å². The molecular weight excluding hydrogens is 504 g/mol. The van der Waals surface area contributed by atoms with E-state index in [0.29, 0.717) is 11.0 Å². The maximum atomic E-state index is 13.8. The smallest absolute Gasteiger partial charge is 0.344 e. The summed E-state index contributed by atoms with van der Waals surface area (Å²) < 4.78 is 10.7. The van der Waals surface area contributed by atoms with Crippen LogP contribution in [0.3, 0.4) is 0 Å². The number of hydrogen-bond donors (Lipinski definition) is 0. The second-order valence-electron chi connectivity index (χ2n) is 10.5. The largest absolute Gasteiger partial charge is 0.420 e. The molecule has 0 spiro atoms. The third-order valence-electron chi connectivity index (χ3n) is 8.34. The van der Waals surface area contributed by atoms with E-state index >= 15 is 0 Å². The number of para-hydroxylation sites is 4. The summed E-state index contributed by atoms with van der Waals surface area (Å²) in [6, 6.07) is 45.8. The summed E-state index contributed by atoms with van der Waals surface area (Å²) in [7, 11) is 0. The van der Waals surface area contributed by atoms with Crippen LogP contribution in [-0.4, -0.2) is 9.13 Å². The van der Waals surface area contributed by atoms with E-state index in [0.717, 1.165) is 65.8 Å². The molecule has 192 valence electrons. The van der Waals surface area contributed by atoms with Gasteiger partial charge in [0.05, 0.1) is 27.5 Å². The van der Waals surface area contributed by atoms with Crippen molar-refractivity contribution >= 4 is 65.4 Å². The third kappa shape index (κ3) is 3.02. The molecule has 0 radical (unpaired) electrons. The molecule has 4 heteroatoms. The van der Waals surface area contributed by atoms with Crippen LogP contribution in [0.4, 0.5) is 0 Å². The number of fused-ring (bicyclic) bond motifs is 10. The molecule has 0 amide bonds. The van der Waals surface area contributed by atoms with Gasteiger partial charge >= 0.3 is 5.63 Å². The zero-order valence-electron chi connectivity index (χ0n) is 21.9. The molecule has 3 heterocycles. The first kappa shape index (κ1) is 22.2. The standard InChI is InChI=1S/C37H22N2O2/c40-37-31-21-30-26-16-8-9-17-32(26)38(23-11-3-1-4-12-23)34(30)22-29(31)28-20-19-27-25-15-7-10-18-33(25)39(35(27)36(28)41-37)24-13-5-2-6-14-24/h1-22H. The van der Waals surface area contributed by atoms with E-state index in [1.54, 1.807) is 0 Å². The monoisotopic (exact) mass is 526 g/mol. The molecule has 0 aliphatic carbocycles. The molecule has 0 fully saturated rings. The zero-order chi connectivity index (χ0) is 27.1. The van der Waals surface area contributed by atoms with Gasteiger partial charge in [-0.15, -0.1) is 0 Å². The van der Waals surface area contributed by atoms with Crippen LogP contribution in [0.1, 0.15) is 0 Å². The minimum atomic E-state index is -0.330. The van der Waals surface area contributed by atoms with Gasteiger partial charge in [0.15, 0.2) is 5.58 Å². The van der Waals surface area contributed by atoms with E-state index in [4.69, 9.17) is 4.42 Å². The molecule has 3 aromatic heterocycles. The van der Waals surface area contributed by atoms with Crippen molar-refractivity contribution in [2.24, 2.45) is 0 Å². The number of aromatic nitrogens is 2. The van der Waals surface area contributed by atoms with Gasteiger partial charge in [-0.25, -0.2) is 4.79 Å². The average Bonchev–Trinajstić information content (AvgIpc) is 3.54. The van der Waals surface area contributed by atoms with Gasteiger partial charge in [0, 0.05) is 43.7 Å². The fourth-order valence-electron chi connectivity index (χ4n) is 6.60. The Labute approximate surface area is 233 Å². The summed E-state index contributed by atoms with van der Waals surface area (Å²) in [4.78, 5) is 13.8. The van der Waals surface area contributed by atoms with Gasteiger partial charge in [0.2, 0.25) is 0 Å². The van der Waals surface area contributed by atoms with Crippen molar-refractivity contribution in [2.75, 3.05) is 0 Å². The topological polar surface area (TPSA) is 40.1 Å². The highest BCUT2D eigenvalue weighted by molar-refractivity contribution is 6.23. The van der Waals surface area contributed by atoms with Gasteiger partial charge in [0.1, 0.15) is 0 Å². The average molecular weight is 527 g/mol. The Bertz CT molecular complexity index is 2540. The Morgan fingerprint density at radius 2 is 0.976 bits per heavy atom. The van der Waals surface area contributed by atoms with Crippen molar-refractivity contribution in [3.05, 3.63) is 144 Å². The molecule has 0 atom stereocenters. The molecule has 0 aliphatic rings. The third-order valence-corrected chi connectivity index (χ3v) is 8.34. The highest BCUT2D eigenvalue weighted by Crippen LogP contribution is 2.40. The Balaban J connectivity index is 1.49. The molecule has 6 aromatic carbocycles. The summed E-state index contributed by atoms with van der Waals surface area (Å²) in [6.07, 6.45) is 0. The Morgan fingerprint density at radius 1 is 0.415 bits per heavy atom. The Hall–Kier alpha value is -5.61. The number of benzene rings is 6. The molecule has 0 N–H and O–H groups in total. The van der Waals surface area contributed by atoms with E-state index in [2.05, 4.69) is 100 Å². The van der Waals surface area contributed by atoms with Crippen LogP contribution >= 0.6 is 0 Å². The van der Waals surface area contributed by atoms with Gasteiger partial charge in [-0.1, -0.05) is 78.9 Å². The molecule has 41 heavy (non-hydrogen) atoms. The molecule has 0 saturated carbocycles. The van der Waals surface area contributed by atoms with Crippen LogP contribution in [0.5, 0.6) is 0 Å². The highest BCUT2D eigenvalue weighted by atomic mass is 16.4. The van der Waals surface area contributed by atoms with E-state index in [-0.39, 0.29) is 5.63 Å². The maximum Gasteiger partial charge on any atom is 0.344 e. The number of hydrogen-bond acceptors (Lipinski definition) is 2. The van der Waals surface area contributed by atoms with Crippen LogP contribution in [0, 0.1) is 0 Å². The minimum Gasteiger partial charge on any atom is -0.420 e. The van der Waals surface area contributed by atoms with Gasteiger partial charge in [0.25, 0.3) is 0 Å². The zero-order valence-corrected chi connectivity index (χ0v) is 21.9. The number of rotatable bonds is 2. The fourth-order valence-corrected chi connectivity index (χ4v) is 6.60. The van der Waals surface area contributed by atoms with Gasteiger partial charge in [-0.2, -0.15) is 0 Å². The number of nitrogens with zero attached hydrogens (tertiary/aromatic N) is 2. The second-order valence-corrected chi connectivity index (χ2v) is 10.5. The van der Waals surface area contributed by atoms with Crippen LogP contribution < -0.4 is 5.63 Å². The maximum absolute atomic E-state index is 13.8. The molecular formula is C37H22N2O2. The molecule has 0 unspecified atom stereocenters. The molecule has 0 bridgehead atoms. The van der Waals surface area contributed by atoms with Gasteiger partial charge in [-0.3, -0.25) is 0 Å². The quantitative estimate of drug-likeness (QED) is 0.166. The van der Waals surface area contributed by atoms with Gasteiger partial charge in [-0.05, 0) is 54.6 Å². The van der Waals surface area contributed by atoms with Gasteiger partial charge < -0.3 is 13.6 Å². The molecule has 9 rings (SSSR count). The highest BCUT2D eigenvalue weighted by Gasteiger charge is 2.20. The van der Waals surface area contributed by atoms with E-state index in [1.807, 2.05) is 42.5 Å². The SMILES string of the molecule is O=c1oc2c(ccc3c4ccccc4n(-c4ccccc4)c32)c2cc3c(cc12)c1ccccc1n3-c1ccccc1.